The maximum Gasteiger partial charge on any atom is 0.222 e. The molecular formula is C8H19NOP2V. The monoisotopic (exact) mass is 258 g/mol. The molecule has 77 valence electrons. The van der Waals surface area contributed by atoms with Crippen LogP contribution in [0.15, 0.2) is 0 Å². The number of likely N-dealkylation sites (tertiary alicyclic amines) is 1. The van der Waals surface area contributed by atoms with Crippen LogP contribution in [0, 0.1) is 0 Å². The summed E-state index contributed by atoms with van der Waals surface area (Å²) in [6.45, 7) is 5.22. The van der Waals surface area contributed by atoms with Crippen LogP contribution < -0.4 is 0 Å². The Morgan fingerprint density at radius 2 is 2.08 bits per heavy atom. The molecule has 1 saturated heterocycles. The fraction of sp³-hybridized carbons (Fsp3) is 0.875. The van der Waals surface area contributed by atoms with Gasteiger partial charge in [-0.1, -0.05) is 6.92 Å². The van der Waals surface area contributed by atoms with E-state index < -0.39 is 0 Å². The predicted molar refractivity (Wildman–Crippen MR) is 60.1 cm³/mol. The second kappa shape index (κ2) is 9.47. The van der Waals surface area contributed by atoms with E-state index in [4.69, 9.17) is 0 Å². The number of rotatable bonds is 2. The molecule has 1 amide bonds. The summed E-state index contributed by atoms with van der Waals surface area (Å²) in [5, 5.41) is 0. The molecule has 3 unspecified atom stereocenters. The molecule has 1 aliphatic rings. The number of carbonyl (C=O) groups is 1. The van der Waals surface area contributed by atoms with Crippen molar-refractivity contribution in [1.82, 2.24) is 4.90 Å². The zero-order chi connectivity index (χ0) is 9.56. The van der Waals surface area contributed by atoms with Crippen LogP contribution in [-0.2, 0) is 23.4 Å². The SMILES string of the molecule is CCC(C)N1CCCC1=O.PP.[V]. The minimum absolute atomic E-state index is 0. The quantitative estimate of drug-likeness (QED) is 0.694. The third-order valence-corrected chi connectivity index (χ3v) is 2.23. The Labute approximate surface area is 97.8 Å². The Balaban J connectivity index is 0. The molecule has 3 atom stereocenters. The molecular weight excluding hydrogens is 239 g/mol. The van der Waals surface area contributed by atoms with E-state index in [1.54, 1.807) is 0 Å². The first-order chi connectivity index (χ1) is 5.75. The Bertz CT molecular complexity index is 146. The molecule has 1 rings (SSSR count). The molecule has 1 aliphatic heterocycles. The van der Waals surface area contributed by atoms with E-state index in [1.165, 1.54) is 0 Å². The normalized spacial score (nSPS) is 17.2. The van der Waals surface area contributed by atoms with Crippen LogP contribution in [0.2, 0.25) is 0 Å². The number of amides is 1. The molecule has 0 aliphatic carbocycles. The summed E-state index contributed by atoms with van der Waals surface area (Å²) >= 11 is 0. The second-order valence-corrected chi connectivity index (χ2v) is 2.95. The van der Waals surface area contributed by atoms with E-state index in [9.17, 15) is 4.79 Å². The predicted octanol–water partition coefficient (Wildman–Crippen LogP) is 2.06. The third-order valence-electron chi connectivity index (χ3n) is 2.23. The first kappa shape index (κ1) is 16.3. The van der Waals surface area contributed by atoms with Crippen molar-refractivity contribution >= 4 is 23.8 Å². The van der Waals surface area contributed by atoms with Gasteiger partial charge >= 0.3 is 0 Å². The molecule has 0 aromatic rings. The smallest absolute Gasteiger partial charge is 0.222 e. The Hall–Kier alpha value is 0.914. The van der Waals surface area contributed by atoms with E-state index >= 15 is 0 Å². The summed E-state index contributed by atoms with van der Waals surface area (Å²) in [5.41, 5.74) is 0. The van der Waals surface area contributed by atoms with Gasteiger partial charge in [-0.05, 0) is 19.8 Å². The van der Waals surface area contributed by atoms with Gasteiger partial charge in [-0.25, -0.2) is 0 Å². The summed E-state index contributed by atoms with van der Waals surface area (Å²) in [4.78, 5) is 13.1. The van der Waals surface area contributed by atoms with Crippen molar-refractivity contribution in [2.24, 2.45) is 0 Å². The van der Waals surface area contributed by atoms with Gasteiger partial charge in [-0.15, -0.1) is 17.9 Å². The van der Waals surface area contributed by atoms with Crippen molar-refractivity contribution in [3.8, 4) is 0 Å². The molecule has 0 saturated carbocycles. The van der Waals surface area contributed by atoms with Crippen molar-refractivity contribution in [3.63, 3.8) is 0 Å². The Kier molecular flexibility index (Phi) is 11.9. The van der Waals surface area contributed by atoms with E-state index in [1.807, 2.05) is 4.90 Å². The zero-order valence-corrected chi connectivity index (χ0v) is 12.1. The summed E-state index contributed by atoms with van der Waals surface area (Å²) in [7, 11) is 4.67. The van der Waals surface area contributed by atoms with E-state index in [0.29, 0.717) is 11.9 Å². The summed E-state index contributed by atoms with van der Waals surface area (Å²) in [5.74, 6) is 0.342. The standard InChI is InChI=1S/C8H15NO.H4P2.V/c1-3-7(2)9-6-4-5-8(9)10;1-2;/h7H,3-6H2,1-2H3;1-2H2;. The van der Waals surface area contributed by atoms with Crippen LogP contribution >= 0.6 is 17.9 Å². The number of hydrogen-bond donors (Lipinski definition) is 0. The molecule has 0 aromatic carbocycles. The minimum Gasteiger partial charge on any atom is -0.340 e. The number of hydrogen-bond acceptors (Lipinski definition) is 1. The average molecular weight is 258 g/mol. The van der Waals surface area contributed by atoms with Gasteiger partial charge in [0.15, 0.2) is 0 Å². The maximum atomic E-state index is 11.1. The third kappa shape index (κ3) is 5.38. The van der Waals surface area contributed by atoms with Crippen LogP contribution in [0.1, 0.15) is 33.1 Å². The van der Waals surface area contributed by atoms with Crippen LogP contribution in [0.4, 0.5) is 0 Å². The Morgan fingerprint density at radius 3 is 2.38 bits per heavy atom. The van der Waals surface area contributed by atoms with Crippen molar-refractivity contribution in [3.05, 3.63) is 0 Å². The van der Waals surface area contributed by atoms with Gasteiger partial charge in [0.05, 0.1) is 0 Å². The van der Waals surface area contributed by atoms with Gasteiger partial charge in [-0.2, -0.15) is 0 Å². The second-order valence-electron chi connectivity index (χ2n) is 2.95. The first-order valence-electron chi connectivity index (χ1n) is 4.38. The zero-order valence-electron chi connectivity index (χ0n) is 8.36. The van der Waals surface area contributed by atoms with Crippen LogP contribution in [0.3, 0.4) is 0 Å². The van der Waals surface area contributed by atoms with E-state index in [-0.39, 0.29) is 18.6 Å². The summed E-state index contributed by atoms with van der Waals surface area (Å²) < 4.78 is 0. The average Bonchev–Trinajstić information content (AvgIpc) is 2.54. The van der Waals surface area contributed by atoms with Crippen LogP contribution in [0.5, 0.6) is 0 Å². The molecule has 1 heterocycles. The fourth-order valence-electron chi connectivity index (χ4n) is 1.36. The van der Waals surface area contributed by atoms with Gasteiger partial charge in [0, 0.05) is 37.6 Å². The summed E-state index contributed by atoms with van der Waals surface area (Å²) in [6, 6.07) is 0.454. The van der Waals surface area contributed by atoms with Crippen LogP contribution in [-0.4, -0.2) is 23.4 Å². The topological polar surface area (TPSA) is 20.3 Å². The van der Waals surface area contributed by atoms with Crippen molar-refractivity contribution in [2.75, 3.05) is 6.54 Å². The number of nitrogens with zero attached hydrogens (tertiary/aromatic N) is 1. The molecule has 13 heavy (non-hydrogen) atoms. The molecule has 2 nitrogen and oxygen atoms in total. The molecule has 0 spiro atoms. The largest absolute Gasteiger partial charge is 0.340 e. The molecule has 0 bridgehead atoms. The van der Waals surface area contributed by atoms with Gasteiger partial charge < -0.3 is 4.90 Å². The molecule has 1 fully saturated rings. The number of carbonyl (C=O) groups excluding carboxylic acids is 1. The molecule has 1 radical (unpaired) electrons. The van der Waals surface area contributed by atoms with Gasteiger partial charge in [-0.3, -0.25) is 4.79 Å². The Morgan fingerprint density at radius 1 is 1.54 bits per heavy atom. The molecule has 0 aromatic heterocycles. The molecule has 5 heteroatoms. The van der Waals surface area contributed by atoms with Crippen molar-refractivity contribution < 1.29 is 23.4 Å². The van der Waals surface area contributed by atoms with Crippen molar-refractivity contribution in [1.29, 1.82) is 0 Å². The van der Waals surface area contributed by atoms with Gasteiger partial charge in [0.1, 0.15) is 0 Å². The molecule has 0 N–H and O–H groups in total. The fourth-order valence-corrected chi connectivity index (χ4v) is 1.36. The maximum absolute atomic E-state index is 11.1. The van der Waals surface area contributed by atoms with E-state index in [0.717, 1.165) is 25.8 Å². The van der Waals surface area contributed by atoms with Crippen molar-refractivity contribution in [2.45, 2.75) is 39.2 Å². The van der Waals surface area contributed by atoms with E-state index in [2.05, 4.69) is 31.7 Å². The summed E-state index contributed by atoms with van der Waals surface area (Å²) in [6.07, 6.45) is 2.90. The van der Waals surface area contributed by atoms with Gasteiger partial charge in [0.2, 0.25) is 5.91 Å². The van der Waals surface area contributed by atoms with Crippen LogP contribution in [0.25, 0.3) is 0 Å². The first-order valence-corrected chi connectivity index (χ1v) is 7.05. The minimum atomic E-state index is 0. The van der Waals surface area contributed by atoms with Gasteiger partial charge in [0.25, 0.3) is 0 Å².